The van der Waals surface area contributed by atoms with E-state index in [0.29, 0.717) is 5.92 Å². The quantitative estimate of drug-likeness (QED) is 0.746. The van der Waals surface area contributed by atoms with E-state index >= 15 is 0 Å². The minimum absolute atomic E-state index is 0.158. The van der Waals surface area contributed by atoms with E-state index in [1.807, 2.05) is 10.9 Å². The number of nitrogens with one attached hydrogen (secondary N) is 1. The molecule has 4 heterocycles. The van der Waals surface area contributed by atoms with Crippen LogP contribution >= 0.6 is 11.3 Å². The molecule has 4 rings (SSSR count). The molecule has 3 aromatic rings. The van der Waals surface area contributed by atoms with Gasteiger partial charge in [-0.05, 0) is 20.3 Å². The van der Waals surface area contributed by atoms with Crippen molar-refractivity contribution >= 4 is 16.3 Å². The van der Waals surface area contributed by atoms with E-state index in [0.717, 1.165) is 43.3 Å². The predicted octanol–water partition coefficient (Wildman–Crippen LogP) is 2.79. The molecule has 1 fully saturated rings. The third-order valence-corrected chi connectivity index (χ3v) is 5.54. The van der Waals surface area contributed by atoms with Crippen LogP contribution in [-0.4, -0.2) is 32.3 Å². The van der Waals surface area contributed by atoms with E-state index in [9.17, 15) is 0 Å². The molecular formula is C17H23N5OS. The van der Waals surface area contributed by atoms with Crippen LogP contribution in [0.4, 0.5) is 0 Å². The third kappa shape index (κ3) is 2.87. The molecule has 0 spiro atoms. The summed E-state index contributed by atoms with van der Waals surface area (Å²) in [5.41, 5.74) is 3.56. The predicted molar refractivity (Wildman–Crippen MR) is 94.2 cm³/mol. The molecule has 0 aliphatic carbocycles. The van der Waals surface area contributed by atoms with Gasteiger partial charge in [0.25, 0.3) is 0 Å². The number of aryl methyl sites for hydroxylation is 2. The van der Waals surface area contributed by atoms with Crippen LogP contribution in [0.3, 0.4) is 0 Å². The molecule has 0 aromatic carbocycles. The van der Waals surface area contributed by atoms with Gasteiger partial charge in [-0.15, -0.1) is 11.3 Å². The summed E-state index contributed by atoms with van der Waals surface area (Å²) in [7, 11) is 0. The highest BCUT2D eigenvalue weighted by atomic mass is 32.1. The van der Waals surface area contributed by atoms with E-state index in [-0.39, 0.29) is 6.10 Å². The topological polar surface area (TPSA) is 56.4 Å². The molecule has 1 aliphatic heterocycles. The van der Waals surface area contributed by atoms with E-state index in [1.54, 1.807) is 11.3 Å². The number of fused-ring (bicyclic) bond motifs is 1. The Labute approximate surface area is 145 Å². The highest BCUT2D eigenvalue weighted by molar-refractivity contribution is 7.15. The lowest BCUT2D eigenvalue weighted by Gasteiger charge is -2.18. The summed E-state index contributed by atoms with van der Waals surface area (Å²) in [6.45, 7) is 7.68. The van der Waals surface area contributed by atoms with Gasteiger partial charge in [-0.1, -0.05) is 0 Å². The highest BCUT2D eigenvalue weighted by Gasteiger charge is 2.30. The van der Waals surface area contributed by atoms with Crippen LogP contribution in [0.2, 0.25) is 0 Å². The summed E-state index contributed by atoms with van der Waals surface area (Å²) in [6.07, 6.45) is 7.40. The number of imidazole rings is 1. The maximum atomic E-state index is 5.97. The van der Waals surface area contributed by atoms with Crippen LogP contribution in [-0.2, 0) is 17.8 Å². The molecule has 7 heteroatoms. The fourth-order valence-corrected chi connectivity index (χ4v) is 4.22. The van der Waals surface area contributed by atoms with Gasteiger partial charge in [0.15, 0.2) is 4.96 Å². The van der Waals surface area contributed by atoms with Crippen molar-refractivity contribution in [3.63, 3.8) is 0 Å². The molecule has 1 N–H and O–H groups in total. The molecule has 0 saturated carbocycles. The molecule has 3 aromatic heterocycles. The van der Waals surface area contributed by atoms with Crippen molar-refractivity contribution in [3.05, 3.63) is 40.9 Å². The second-order valence-corrected chi connectivity index (χ2v) is 7.17. The zero-order valence-electron chi connectivity index (χ0n) is 14.1. The van der Waals surface area contributed by atoms with E-state index in [1.165, 1.54) is 11.3 Å². The van der Waals surface area contributed by atoms with Gasteiger partial charge in [-0.3, -0.25) is 9.08 Å². The van der Waals surface area contributed by atoms with Gasteiger partial charge in [0.2, 0.25) is 0 Å². The Morgan fingerprint density at radius 3 is 3.21 bits per heavy atom. The average molecular weight is 345 g/mol. The molecule has 24 heavy (non-hydrogen) atoms. The van der Waals surface area contributed by atoms with Crippen molar-refractivity contribution in [1.82, 2.24) is 24.5 Å². The van der Waals surface area contributed by atoms with Gasteiger partial charge in [-0.2, -0.15) is 5.10 Å². The van der Waals surface area contributed by atoms with Gasteiger partial charge in [0.1, 0.15) is 0 Å². The van der Waals surface area contributed by atoms with Crippen LogP contribution in [0.5, 0.6) is 0 Å². The molecule has 0 amide bonds. The SMILES string of the molecule is CCn1cc([C@@H]2OCC[C@@H]2CNCc2c(C)nc3sccn23)cn1. The number of hydrogen-bond donors (Lipinski definition) is 1. The van der Waals surface area contributed by atoms with Gasteiger partial charge in [-0.25, -0.2) is 4.98 Å². The second kappa shape index (κ2) is 6.66. The standard InChI is InChI=1S/C17H23N5OS/c1-3-21-11-14(9-19-21)16-13(4-6-23-16)8-18-10-15-12(2)20-17-22(15)5-7-24-17/h5,7,9,11,13,16,18H,3-4,6,8,10H2,1-2H3/t13-,16-/m1/s1. The van der Waals surface area contributed by atoms with Crippen LogP contribution < -0.4 is 5.32 Å². The molecule has 6 nitrogen and oxygen atoms in total. The summed E-state index contributed by atoms with van der Waals surface area (Å²) in [6, 6.07) is 0. The molecule has 0 bridgehead atoms. The molecule has 128 valence electrons. The fraction of sp³-hybridized carbons (Fsp3) is 0.529. The Hall–Kier alpha value is -1.70. The molecule has 1 saturated heterocycles. The Bertz CT molecular complexity index is 820. The van der Waals surface area contributed by atoms with Gasteiger partial charge < -0.3 is 10.1 Å². The molecule has 0 unspecified atom stereocenters. The number of ether oxygens (including phenoxy) is 1. The van der Waals surface area contributed by atoms with Gasteiger partial charge in [0, 0.05) is 55.5 Å². The first-order valence-electron chi connectivity index (χ1n) is 8.52. The van der Waals surface area contributed by atoms with Crippen molar-refractivity contribution < 1.29 is 4.74 Å². The average Bonchev–Trinajstić information content (AvgIpc) is 3.32. The lowest BCUT2D eigenvalue weighted by atomic mass is 9.97. The van der Waals surface area contributed by atoms with Crippen LogP contribution in [0, 0.1) is 12.8 Å². The maximum absolute atomic E-state index is 5.97. The summed E-state index contributed by atoms with van der Waals surface area (Å²) in [5, 5.41) is 10.1. The van der Waals surface area contributed by atoms with Crippen molar-refractivity contribution in [1.29, 1.82) is 0 Å². The Kier molecular flexibility index (Phi) is 4.39. The minimum atomic E-state index is 0.158. The zero-order valence-corrected chi connectivity index (χ0v) is 14.9. The lowest BCUT2D eigenvalue weighted by Crippen LogP contribution is -2.25. The Morgan fingerprint density at radius 2 is 2.38 bits per heavy atom. The summed E-state index contributed by atoms with van der Waals surface area (Å²) in [4.78, 5) is 5.67. The number of thiazole rings is 1. The van der Waals surface area contributed by atoms with Crippen LogP contribution in [0.25, 0.3) is 4.96 Å². The lowest BCUT2D eigenvalue weighted by molar-refractivity contribution is 0.0903. The monoisotopic (exact) mass is 345 g/mol. The molecule has 1 aliphatic rings. The smallest absolute Gasteiger partial charge is 0.194 e. The Morgan fingerprint density at radius 1 is 1.46 bits per heavy atom. The van der Waals surface area contributed by atoms with Crippen molar-refractivity contribution in [2.45, 2.75) is 39.5 Å². The van der Waals surface area contributed by atoms with Crippen molar-refractivity contribution in [3.8, 4) is 0 Å². The van der Waals surface area contributed by atoms with E-state index in [4.69, 9.17) is 4.74 Å². The van der Waals surface area contributed by atoms with E-state index < -0.39 is 0 Å². The highest BCUT2D eigenvalue weighted by Crippen LogP contribution is 2.34. The van der Waals surface area contributed by atoms with Crippen LogP contribution in [0.15, 0.2) is 24.0 Å². The first-order chi connectivity index (χ1) is 11.8. The number of aromatic nitrogens is 4. The number of rotatable bonds is 6. The van der Waals surface area contributed by atoms with Gasteiger partial charge in [0.05, 0.1) is 23.7 Å². The molecule has 2 atom stereocenters. The summed E-state index contributed by atoms with van der Waals surface area (Å²) < 4.78 is 10.1. The van der Waals surface area contributed by atoms with Crippen molar-refractivity contribution in [2.24, 2.45) is 5.92 Å². The van der Waals surface area contributed by atoms with Gasteiger partial charge >= 0.3 is 0 Å². The summed E-state index contributed by atoms with van der Waals surface area (Å²) in [5.74, 6) is 0.491. The molecular weight excluding hydrogens is 322 g/mol. The van der Waals surface area contributed by atoms with E-state index in [2.05, 4.69) is 51.4 Å². The number of nitrogens with zero attached hydrogens (tertiary/aromatic N) is 4. The first kappa shape index (κ1) is 15.8. The first-order valence-corrected chi connectivity index (χ1v) is 9.40. The third-order valence-electron chi connectivity index (χ3n) is 4.78. The van der Waals surface area contributed by atoms with Crippen molar-refractivity contribution in [2.75, 3.05) is 13.2 Å². The zero-order chi connectivity index (χ0) is 16.5. The second-order valence-electron chi connectivity index (χ2n) is 6.30. The fourth-order valence-electron chi connectivity index (χ4n) is 3.44. The minimum Gasteiger partial charge on any atom is -0.373 e. The normalized spacial score (nSPS) is 21.1. The summed E-state index contributed by atoms with van der Waals surface area (Å²) >= 11 is 1.68. The Balaban J connectivity index is 1.39. The number of hydrogen-bond acceptors (Lipinski definition) is 5. The molecule has 0 radical (unpaired) electrons. The largest absolute Gasteiger partial charge is 0.373 e. The maximum Gasteiger partial charge on any atom is 0.194 e. The van der Waals surface area contributed by atoms with Crippen LogP contribution in [0.1, 0.15) is 36.4 Å².